The minimum absolute atomic E-state index is 0.104. The minimum atomic E-state index is -4.95. The molecule has 87 heavy (non-hydrogen) atoms. The molecule has 0 aromatic rings. The van der Waals surface area contributed by atoms with Crippen molar-refractivity contribution in [3.63, 3.8) is 0 Å². The van der Waals surface area contributed by atoms with Crippen molar-refractivity contribution in [1.29, 1.82) is 0 Å². The minimum Gasteiger partial charge on any atom is -0.462 e. The summed E-state index contributed by atoms with van der Waals surface area (Å²) < 4.78 is 67.9. The van der Waals surface area contributed by atoms with Crippen molar-refractivity contribution < 1.29 is 80.2 Å². The molecule has 0 aromatic carbocycles. The molecule has 0 heterocycles. The smallest absolute Gasteiger partial charge is 0.462 e. The van der Waals surface area contributed by atoms with Crippen LogP contribution in [0.25, 0.3) is 0 Å². The van der Waals surface area contributed by atoms with E-state index in [1.807, 2.05) is 0 Å². The van der Waals surface area contributed by atoms with Crippen molar-refractivity contribution in [2.75, 3.05) is 39.6 Å². The summed E-state index contributed by atoms with van der Waals surface area (Å²) >= 11 is 0. The van der Waals surface area contributed by atoms with E-state index in [0.717, 1.165) is 121 Å². The Morgan fingerprint density at radius 3 is 0.816 bits per heavy atom. The average Bonchev–Trinajstić information content (AvgIpc) is 3.51. The SMILES string of the molecule is CCCCCCCCCCCCCC(=O)OC[C@H](COP(=O)(O)OC[C@@H](O)COP(=O)(O)OC[C@@H](COC(=O)CCCCCCCCC)OC(=O)CCCCCCCCC)OC(=O)CCCCCCCCCCCCCCCCCCCCC(C)CC. The third-order valence-electron chi connectivity index (χ3n) is 16.1. The van der Waals surface area contributed by atoms with Crippen molar-refractivity contribution >= 4 is 39.5 Å². The number of ether oxygens (including phenoxy) is 4. The number of hydrogen-bond donors (Lipinski definition) is 3. The molecule has 0 saturated carbocycles. The lowest BCUT2D eigenvalue weighted by Crippen LogP contribution is -2.30. The van der Waals surface area contributed by atoms with Gasteiger partial charge in [0, 0.05) is 25.7 Å². The number of hydrogen-bond acceptors (Lipinski definition) is 15. The highest BCUT2D eigenvalue weighted by Gasteiger charge is 2.30. The molecule has 3 N–H and O–H groups in total. The molecule has 0 aliphatic carbocycles. The summed E-state index contributed by atoms with van der Waals surface area (Å²) in [4.78, 5) is 72.1. The molecule has 0 fully saturated rings. The molecule has 6 atom stereocenters. The van der Waals surface area contributed by atoms with Gasteiger partial charge in [-0.25, -0.2) is 9.13 Å². The molecule has 0 aliphatic heterocycles. The predicted molar refractivity (Wildman–Crippen MR) is 349 cm³/mol. The van der Waals surface area contributed by atoms with E-state index in [1.165, 1.54) is 148 Å². The first-order valence-electron chi connectivity index (χ1n) is 35.7. The van der Waals surface area contributed by atoms with E-state index in [2.05, 4.69) is 34.6 Å². The quantitative estimate of drug-likeness (QED) is 0.0222. The van der Waals surface area contributed by atoms with Gasteiger partial charge in [-0.15, -0.1) is 0 Å². The van der Waals surface area contributed by atoms with E-state index in [1.54, 1.807) is 0 Å². The Labute approximate surface area is 530 Å². The summed E-state index contributed by atoms with van der Waals surface area (Å²) in [7, 11) is -9.88. The van der Waals surface area contributed by atoms with Gasteiger partial charge in [-0.05, 0) is 31.6 Å². The molecule has 0 spiro atoms. The van der Waals surface area contributed by atoms with Crippen LogP contribution < -0.4 is 0 Å². The zero-order valence-electron chi connectivity index (χ0n) is 56.2. The standard InChI is InChI=1S/C68H132O17P2/c1-6-10-13-16-19-20-29-33-38-42-47-52-66(71)79-58-64(85-68(73)54-49-44-39-34-31-28-26-24-22-21-23-25-27-30-32-37-40-45-50-61(5)9-4)60-83-87(76,77)81-56-62(69)55-80-86(74,75)82-59-63(84-67(72)53-48-43-36-18-15-12-8-3)57-78-65(70)51-46-41-35-17-14-11-7-2/h61-64,69H,6-60H2,1-5H3,(H,74,75)(H,76,77)/t61?,62-,63+,64+/m0/s1. The van der Waals surface area contributed by atoms with E-state index >= 15 is 0 Å². The summed E-state index contributed by atoms with van der Waals surface area (Å²) in [5.74, 6) is -1.26. The van der Waals surface area contributed by atoms with E-state index in [-0.39, 0.29) is 25.7 Å². The maximum atomic E-state index is 13.0. The number of carbonyl (C=O) groups excluding carboxylic acids is 4. The van der Waals surface area contributed by atoms with Crippen LogP contribution in [0.3, 0.4) is 0 Å². The van der Waals surface area contributed by atoms with Gasteiger partial charge in [0.2, 0.25) is 0 Å². The lowest BCUT2D eigenvalue weighted by Gasteiger charge is -2.21. The van der Waals surface area contributed by atoms with Crippen LogP contribution in [0.2, 0.25) is 0 Å². The van der Waals surface area contributed by atoms with Crippen LogP contribution >= 0.6 is 15.6 Å². The van der Waals surface area contributed by atoms with Gasteiger partial charge in [0.15, 0.2) is 12.2 Å². The Morgan fingerprint density at radius 1 is 0.322 bits per heavy atom. The Bertz CT molecular complexity index is 1690. The molecule has 0 aliphatic rings. The first kappa shape index (κ1) is 85.1. The zero-order valence-corrected chi connectivity index (χ0v) is 57.9. The first-order valence-corrected chi connectivity index (χ1v) is 38.7. The fraction of sp³-hybridized carbons (Fsp3) is 0.941. The number of aliphatic hydroxyl groups is 1. The van der Waals surface area contributed by atoms with Crippen LogP contribution in [-0.4, -0.2) is 96.7 Å². The molecule has 3 unspecified atom stereocenters. The predicted octanol–water partition coefficient (Wildman–Crippen LogP) is 19.4. The molecule has 19 heteroatoms. The van der Waals surface area contributed by atoms with Crippen molar-refractivity contribution in [1.82, 2.24) is 0 Å². The number of phosphoric acid groups is 2. The highest BCUT2D eigenvalue weighted by molar-refractivity contribution is 7.47. The van der Waals surface area contributed by atoms with Gasteiger partial charge in [0.1, 0.15) is 19.3 Å². The maximum Gasteiger partial charge on any atom is 0.472 e. The van der Waals surface area contributed by atoms with Crippen molar-refractivity contribution in [3.8, 4) is 0 Å². The molecule has 0 saturated heterocycles. The Morgan fingerprint density at radius 2 is 0.552 bits per heavy atom. The van der Waals surface area contributed by atoms with Crippen LogP contribution in [0.4, 0.5) is 0 Å². The van der Waals surface area contributed by atoms with Crippen molar-refractivity contribution in [3.05, 3.63) is 0 Å². The molecular weight excluding hydrogens is 1150 g/mol. The van der Waals surface area contributed by atoms with E-state index in [9.17, 15) is 43.2 Å². The van der Waals surface area contributed by atoms with Crippen LogP contribution in [0, 0.1) is 5.92 Å². The van der Waals surface area contributed by atoms with Gasteiger partial charge in [0.05, 0.1) is 26.4 Å². The Balaban J connectivity index is 5.07. The van der Waals surface area contributed by atoms with Gasteiger partial charge in [-0.2, -0.15) is 0 Å². The molecular formula is C68H132O17P2. The lowest BCUT2D eigenvalue weighted by atomic mass is 9.99. The Kier molecular flexibility index (Phi) is 60.2. The number of carbonyl (C=O) groups is 4. The number of esters is 4. The van der Waals surface area contributed by atoms with Gasteiger partial charge in [-0.3, -0.25) is 37.3 Å². The summed E-state index contributed by atoms with van der Waals surface area (Å²) in [5, 5.41) is 10.5. The van der Waals surface area contributed by atoms with E-state index in [0.29, 0.717) is 25.7 Å². The van der Waals surface area contributed by atoms with Crippen molar-refractivity contribution in [2.24, 2.45) is 5.92 Å². The third-order valence-corrected chi connectivity index (χ3v) is 18.0. The molecule has 17 nitrogen and oxygen atoms in total. The fourth-order valence-corrected chi connectivity index (χ4v) is 11.8. The first-order chi connectivity index (χ1) is 42.1. The fourth-order valence-electron chi connectivity index (χ4n) is 10.3. The highest BCUT2D eigenvalue weighted by atomic mass is 31.2. The van der Waals surface area contributed by atoms with Gasteiger partial charge >= 0.3 is 39.5 Å². The second-order valence-corrected chi connectivity index (χ2v) is 27.7. The molecule has 0 aromatic heterocycles. The monoisotopic (exact) mass is 1280 g/mol. The van der Waals surface area contributed by atoms with Gasteiger partial charge in [0.25, 0.3) is 0 Å². The second kappa shape index (κ2) is 61.6. The largest absolute Gasteiger partial charge is 0.472 e. The summed E-state index contributed by atoms with van der Waals surface area (Å²) in [5.41, 5.74) is 0. The van der Waals surface area contributed by atoms with E-state index in [4.69, 9.17) is 37.0 Å². The van der Waals surface area contributed by atoms with Crippen molar-refractivity contribution in [2.45, 2.75) is 368 Å². The molecule has 0 radical (unpaired) electrons. The Hall–Kier alpha value is -1.94. The number of aliphatic hydroxyl groups excluding tert-OH is 1. The van der Waals surface area contributed by atoms with Crippen LogP contribution in [-0.2, 0) is 65.4 Å². The summed E-state index contributed by atoms with van der Waals surface area (Å²) in [6.45, 7) is 7.20. The average molecular weight is 1280 g/mol. The summed E-state index contributed by atoms with van der Waals surface area (Å²) in [6, 6.07) is 0. The second-order valence-electron chi connectivity index (χ2n) is 24.8. The normalized spacial score (nSPS) is 14.4. The molecule has 0 bridgehead atoms. The molecule has 0 rings (SSSR count). The van der Waals surface area contributed by atoms with Crippen LogP contribution in [0.1, 0.15) is 349 Å². The topological polar surface area (TPSA) is 237 Å². The van der Waals surface area contributed by atoms with Crippen LogP contribution in [0.5, 0.6) is 0 Å². The van der Waals surface area contributed by atoms with E-state index < -0.39 is 97.5 Å². The van der Waals surface area contributed by atoms with Gasteiger partial charge < -0.3 is 33.8 Å². The third kappa shape index (κ3) is 61.3. The van der Waals surface area contributed by atoms with Crippen LogP contribution in [0.15, 0.2) is 0 Å². The maximum absolute atomic E-state index is 13.0. The number of unbranched alkanes of at least 4 members (excludes halogenated alkanes) is 39. The van der Waals surface area contributed by atoms with Gasteiger partial charge in [-0.1, -0.05) is 298 Å². The molecule has 516 valence electrons. The number of rotatable bonds is 68. The zero-order chi connectivity index (χ0) is 64.2. The molecule has 0 amide bonds. The summed E-state index contributed by atoms with van der Waals surface area (Å²) in [6.07, 6.45) is 47.6. The highest BCUT2D eigenvalue weighted by Crippen LogP contribution is 2.45. The number of phosphoric ester groups is 2. The lowest BCUT2D eigenvalue weighted by molar-refractivity contribution is -0.161.